The van der Waals surface area contributed by atoms with E-state index >= 15 is 0 Å². The largest absolute Gasteiger partial charge is 0.497 e. The molecule has 1 fully saturated rings. The van der Waals surface area contributed by atoms with Crippen LogP contribution in [0.3, 0.4) is 0 Å². The van der Waals surface area contributed by atoms with Gasteiger partial charge in [-0.15, -0.1) is 0 Å². The lowest BCUT2D eigenvalue weighted by molar-refractivity contribution is -0.231. The molecule has 7 nitrogen and oxygen atoms in total. The average Bonchev–Trinajstić information content (AvgIpc) is 3.45. The third-order valence-corrected chi connectivity index (χ3v) is 5.74. The number of halogens is 2. The first-order valence-corrected chi connectivity index (χ1v) is 10.9. The van der Waals surface area contributed by atoms with E-state index in [1.807, 2.05) is 35.0 Å². The summed E-state index contributed by atoms with van der Waals surface area (Å²) in [7, 11) is 1.65. The Hall–Kier alpha value is -2.29. The van der Waals surface area contributed by atoms with Crippen LogP contribution < -0.4 is 9.47 Å². The van der Waals surface area contributed by atoms with Gasteiger partial charge < -0.3 is 28.3 Å². The van der Waals surface area contributed by atoms with Gasteiger partial charge in [0.2, 0.25) is 0 Å². The zero-order valence-corrected chi connectivity index (χ0v) is 19.1. The van der Waals surface area contributed by atoms with E-state index in [1.54, 1.807) is 37.8 Å². The molecule has 0 saturated carbocycles. The molecule has 2 unspecified atom stereocenters. The number of aryl methyl sites for hydroxylation is 1. The first-order chi connectivity index (χ1) is 15.6. The van der Waals surface area contributed by atoms with Crippen LogP contribution >= 0.6 is 23.2 Å². The van der Waals surface area contributed by atoms with Crippen LogP contribution in [0.2, 0.25) is 10.0 Å². The summed E-state index contributed by atoms with van der Waals surface area (Å²) in [5, 5.41) is 0.831. The summed E-state index contributed by atoms with van der Waals surface area (Å²) in [5.41, 5.74) is 1.16. The maximum Gasteiger partial charge on any atom is 0.192 e. The third kappa shape index (κ3) is 5.74. The quantitative estimate of drug-likeness (QED) is 0.384. The van der Waals surface area contributed by atoms with Crippen LogP contribution in [0.25, 0.3) is 0 Å². The molecular weight excluding hydrogens is 455 g/mol. The van der Waals surface area contributed by atoms with Gasteiger partial charge in [0, 0.05) is 18.8 Å². The number of hydrogen-bond donors (Lipinski definition) is 0. The summed E-state index contributed by atoms with van der Waals surface area (Å²) in [4.78, 5) is 4.11. The Labute approximate surface area is 196 Å². The summed E-state index contributed by atoms with van der Waals surface area (Å²) in [6.07, 6.45) is 6.14. The van der Waals surface area contributed by atoms with Gasteiger partial charge in [-0.25, -0.2) is 4.98 Å². The van der Waals surface area contributed by atoms with Crippen LogP contribution in [0.5, 0.6) is 11.5 Å². The fourth-order valence-corrected chi connectivity index (χ4v) is 3.98. The van der Waals surface area contributed by atoms with Crippen molar-refractivity contribution in [2.75, 3.05) is 20.5 Å². The second-order valence-corrected chi connectivity index (χ2v) is 8.15. The number of imidazole rings is 1. The molecule has 0 spiro atoms. The predicted molar refractivity (Wildman–Crippen MR) is 120 cm³/mol. The van der Waals surface area contributed by atoms with E-state index in [0.29, 0.717) is 28.8 Å². The highest BCUT2D eigenvalue weighted by Crippen LogP contribution is 2.34. The van der Waals surface area contributed by atoms with Gasteiger partial charge >= 0.3 is 0 Å². The number of hydrogen-bond acceptors (Lipinski definition) is 6. The van der Waals surface area contributed by atoms with Crippen molar-refractivity contribution in [2.24, 2.45) is 0 Å². The van der Waals surface area contributed by atoms with E-state index in [4.69, 9.17) is 46.9 Å². The van der Waals surface area contributed by atoms with Crippen LogP contribution in [0.15, 0.2) is 61.2 Å². The minimum Gasteiger partial charge on any atom is -0.497 e. The monoisotopic (exact) mass is 478 g/mol. The maximum atomic E-state index is 6.22. The first kappa shape index (κ1) is 22.9. The molecule has 9 heteroatoms. The van der Waals surface area contributed by atoms with Gasteiger partial charge in [-0.2, -0.15) is 0 Å². The molecule has 1 aliphatic rings. The Morgan fingerprint density at radius 1 is 1.16 bits per heavy atom. The molecule has 2 heterocycles. The smallest absolute Gasteiger partial charge is 0.192 e. The highest BCUT2D eigenvalue weighted by molar-refractivity contribution is 6.37. The Morgan fingerprint density at radius 3 is 2.62 bits per heavy atom. The second kappa shape index (κ2) is 10.6. The molecule has 1 aromatic heterocycles. The lowest BCUT2D eigenvalue weighted by atomic mass is 10.0. The summed E-state index contributed by atoms with van der Waals surface area (Å²) in [6.45, 7) is 0.689. The molecule has 0 radical (unpaired) electrons. The number of aromatic nitrogens is 2. The summed E-state index contributed by atoms with van der Waals surface area (Å²) in [5.74, 6) is 0.342. The molecule has 32 heavy (non-hydrogen) atoms. The Kier molecular flexibility index (Phi) is 7.55. The van der Waals surface area contributed by atoms with E-state index in [0.717, 1.165) is 17.7 Å². The number of ether oxygens (including phenoxy) is 5. The Bertz CT molecular complexity index is 980. The molecule has 4 rings (SSSR count). The van der Waals surface area contributed by atoms with Crippen LogP contribution in [0, 0.1) is 0 Å². The molecule has 1 aliphatic heterocycles. The molecule has 170 valence electrons. The van der Waals surface area contributed by atoms with E-state index in [9.17, 15) is 0 Å². The van der Waals surface area contributed by atoms with Gasteiger partial charge in [-0.1, -0.05) is 41.4 Å². The van der Waals surface area contributed by atoms with Crippen molar-refractivity contribution in [3.63, 3.8) is 0 Å². The Balaban J connectivity index is 1.37. The Morgan fingerprint density at radius 2 is 1.94 bits per heavy atom. The number of benzene rings is 2. The predicted octanol–water partition coefficient (Wildman–Crippen LogP) is 4.95. The summed E-state index contributed by atoms with van der Waals surface area (Å²) in [6, 6.07) is 13.1. The minimum absolute atomic E-state index is 0.0723. The molecule has 3 aromatic rings. The van der Waals surface area contributed by atoms with E-state index in [-0.39, 0.29) is 13.4 Å². The third-order valence-electron chi connectivity index (χ3n) is 5.14. The van der Waals surface area contributed by atoms with Crippen molar-refractivity contribution in [1.29, 1.82) is 0 Å². The van der Waals surface area contributed by atoms with Crippen molar-refractivity contribution in [3.05, 3.63) is 76.8 Å². The van der Waals surface area contributed by atoms with Crippen molar-refractivity contribution >= 4 is 23.2 Å². The zero-order chi connectivity index (χ0) is 22.4. The van der Waals surface area contributed by atoms with Crippen LogP contribution in [-0.2, 0) is 27.2 Å². The van der Waals surface area contributed by atoms with Crippen LogP contribution in [-0.4, -0.2) is 42.1 Å². The van der Waals surface area contributed by atoms with E-state index < -0.39 is 12.1 Å². The second-order valence-electron chi connectivity index (χ2n) is 7.33. The van der Waals surface area contributed by atoms with Crippen molar-refractivity contribution in [3.8, 4) is 11.5 Å². The standard InChI is InChI=1S/C23H24Cl2N2O5/c1-28-18-7-5-17(6-8-18)9-10-23(14-27-12-11-26-15-27)31-13-21(32-23)29-16-30-22-19(24)3-2-4-20(22)25/h2-8,11-12,15,21H,9-10,13-14,16H2,1H3. The van der Waals surface area contributed by atoms with Gasteiger partial charge in [0.1, 0.15) is 12.4 Å². The SMILES string of the molecule is COc1ccc(CCC2(Cn3ccnc3)OCC(OCOc3c(Cl)cccc3Cl)O2)cc1. The van der Waals surface area contributed by atoms with Crippen LogP contribution in [0.1, 0.15) is 12.0 Å². The minimum atomic E-state index is -0.854. The molecule has 1 saturated heterocycles. The molecule has 2 aromatic carbocycles. The molecular formula is C23H24Cl2N2O5. The van der Waals surface area contributed by atoms with Gasteiger partial charge in [0.05, 0.1) is 30.0 Å². The van der Waals surface area contributed by atoms with Gasteiger partial charge in [0.15, 0.2) is 24.6 Å². The van der Waals surface area contributed by atoms with E-state index in [2.05, 4.69) is 4.98 Å². The lowest BCUT2D eigenvalue weighted by Crippen LogP contribution is -2.37. The highest BCUT2D eigenvalue weighted by atomic mass is 35.5. The van der Waals surface area contributed by atoms with Crippen LogP contribution in [0.4, 0.5) is 0 Å². The number of rotatable bonds is 10. The number of methoxy groups -OCH3 is 1. The van der Waals surface area contributed by atoms with Crippen molar-refractivity contribution in [1.82, 2.24) is 9.55 Å². The molecule has 0 amide bonds. The normalized spacial score (nSPS) is 20.4. The molecule has 0 aliphatic carbocycles. The van der Waals surface area contributed by atoms with Gasteiger partial charge in [-0.05, 0) is 36.2 Å². The first-order valence-electron chi connectivity index (χ1n) is 10.2. The maximum absolute atomic E-state index is 6.22. The molecule has 2 atom stereocenters. The lowest BCUT2D eigenvalue weighted by Gasteiger charge is -2.28. The zero-order valence-electron chi connectivity index (χ0n) is 17.6. The highest BCUT2D eigenvalue weighted by Gasteiger charge is 2.42. The molecule has 0 N–H and O–H groups in total. The average molecular weight is 479 g/mol. The summed E-state index contributed by atoms with van der Waals surface area (Å²) < 4.78 is 30.8. The fraction of sp³-hybridized carbons (Fsp3) is 0.348. The molecule has 0 bridgehead atoms. The fourth-order valence-electron chi connectivity index (χ4n) is 3.48. The van der Waals surface area contributed by atoms with Gasteiger partial charge in [0.25, 0.3) is 0 Å². The van der Waals surface area contributed by atoms with E-state index in [1.165, 1.54) is 0 Å². The van der Waals surface area contributed by atoms with Gasteiger partial charge in [-0.3, -0.25) is 0 Å². The number of nitrogens with zero attached hydrogens (tertiary/aromatic N) is 2. The topological polar surface area (TPSA) is 64.0 Å². The van der Waals surface area contributed by atoms with Crippen molar-refractivity contribution < 1.29 is 23.7 Å². The van der Waals surface area contributed by atoms with Crippen molar-refractivity contribution in [2.45, 2.75) is 31.5 Å². The number of para-hydroxylation sites is 1. The summed E-state index contributed by atoms with van der Waals surface area (Å²) >= 11 is 12.3.